The third-order valence-corrected chi connectivity index (χ3v) is 10.7. The molecule has 86 valence electrons. The molecular formula is C10H22Cl2P2. The first-order valence-electron chi connectivity index (χ1n) is 5.38. The fraction of sp³-hybridized carbons (Fsp3) is 1.00. The molecule has 0 fully saturated rings. The molecule has 0 N–H and O–H groups in total. The molecule has 0 heterocycles. The Balaban J connectivity index is 4.26. The van der Waals surface area contributed by atoms with Crippen molar-refractivity contribution < 1.29 is 0 Å². The van der Waals surface area contributed by atoms with Crippen molar-refractivity contribution in [1.82, 2.24) is 0 Å². The van der Waals surface area contributed by atoms with Crippen LogP contribution in [0.1, 0.15) is 27.7 Å². The average molecular weight is 275 g/mol. The van der Waals surface area contributed by atoms with Gasteiger partial charge in [0.2, 0.25) is 0 Å². The highest BCUT2D eigenvalue weighted by atomic mass is 35.5. The highest BCUT2D eigenvalue weighted by Gasteiger charge is 2.28. The van der Waals surface area contributed by atoms with Crippen molar-refractivity contribution in [3.8, 4) is 0 Å². The predicted molar refractivity (Wildman–Crippen MR) is 75.3 cm³/mol. The van der Waals surface area contributed by atoms with Crippen molar-refractivity contribution in [3.05, 3.63) is 0 Å². The van der Waals surface area contributed by atoms with E-state index in [1.165, 1.54) is 24.6 Å². The molecule has 0 aliphatic heterocycles. The first-order valence-corrected chi connectivity index (χ1v) is 9.81. The van der Waals surface area contributed by atoms with Crippen molar-refractivity contribution in [3.63, 3.8) is 0 Å². The molecule has 0 saturated heterocycles. The van der Waals surface area contributed by atoms with E-state index in [1.54, 1.807) is 0 Å². The van der Waals surface area contributed by atoms with E-state index in [4.69, 9.17) is 23.2 Å². The fourth-order valence-electron chi connectivity index (χ4n) is 1.49. The summed E-state index contributed by atoms with van der Waals surface area (Å²) in [5, 5.41) is 0.459. The zero-order valence-electron chi connectivity index (χ0n) is 9.63. The van der Waals surface area contributed by atoms with Gasteiger partial charge in [0.25, 0.3) is 0 Å². The van der Waals surface area contributed by atoms with Gasteiger partial charge < -0.3 is 0 Å². The largest absolute Gasteiger partial charge is 0.116 e. The average Bonchev–Trinajstić information content (AvgIpc) is 2.21. The summed E-state index contributed by atoms with van der Waals surface area (Å²) >= 11 is 12.9. The molecule has 2 unspecified atom stereocenters. The molecule has 0 aliphatic rings. The Morgan fingerprint density at radius 2 is 0.929 bits per heavy atom. The highest BCUT2D eigenvalue weighted by Crippen LogP contribution is 2.55. The smallest absolute Gasteiger partial charge is 0.0734 e. The normalized spacial score (nSPS) is 16.3. The van der Waals surface area contributed by atoms with Crippen molar-refractivity contribution in [1.29, 1.82) is 0 Å². The molecule has 0 rings (SSSR count). The monoisotopic (exact) mass is 274 g/mol. The molecule has 4 heteroatoms. The first-order chi connectivity index (χ1) is 6.62. The molecule has 0 bridgehead atoms. The van der Waals surface area contributed by atoms with Gasteiger partial charge in [-0.25, -0.2) is 0 Å². The van der Waals surface area contributed by atoms with Crippen LogP contribution in [0.3, 0.4) is 0 Å². The van der Waals surface area contributed by atoms with Crippen LogP contribution in [-0.2, 0) is 0 Å². The molecule has 14 heavy (non-hydrogen) atoms. The van der Waals surface area contributed by atoms with E-state index in [9.17, 15) is 0 Å². The van der Waals surface area contributed by atoms with E-state index in [0.717, 1.165) is 0 Å². The van der Waals surface area contributed by atoms with Crippen molar-refractivity contribution in [2.75, 3.05) is 24.6 Å². The third-order valence-electron chi connectivity index (χ3n) is 2.55. The summed E-state index contributed by atoms with van der Waals surface area (Å²) in [6.45, 7) is 8.92. The first kappa shape index (κ1) is 15.4. The van der Waals surface area contributed by atoms with E-state index in [1.807, 2.05) is 0 Å². The van der Waals surface area contributed by atoms with Gasteiger partial charge in [-0.05, 0) is 24.6 Å². The van der Waals surface area contributed by atoms with Crippen LogP contribution in [0.25, 0.3) is 0 Å². The van der Waals surface area contributed by atoms with Crippen molar-refractivity contribution in [2.24, 2.45) is 0 Å². The van der Waals surface area contributed by atoms with Crippen LogP contribution < -0.4 is 0 Å². The Hall–Kier alpha value is 1.44. The Morgan fingerprint density at radius 3 is 1.07 bits per heavy atom. The topological polar surface area (TPSA) is 0 Å². The van der Waals surface area contributed by atoms with Crippen LogP contribution >= 0.6 is 39.0 Å². The molecule has 0 radical (unpaired) electrons. The second kappa shape index (κ2) is 8.58. The summed E-state index contributed by atoms with van der Waals surface area (Å²) in [4.78, 5) is 0. The summed E-state index contributed by atoms with van der Waals surface area (Å²) in [6.07, 6.45) is 4.83. The summed E-state index contributed by atoms with van der Waals surface area (Å²) in [5.41, 5.74) is 0. The molecule has 0 aromatic heterocycles. The zero-order chi connectivity index (χ0) is 11.1. The Bertz CT molecular complexity index is 120. The summed E-state index contributed by atoms with van der Waals surface area (Å²) in [6, 6.07) is 0. The number of rotatable bonds is 7. The number of alkyl halides is 2. The lowest BCUT2D eigenvalue weighted by molar-refractivity contribution is 1.20. The van der Waals surface area contributed by atoms with E-state index in [2.05, 4.69) is 27.7 Å². The second-order valence-electron chi connectivity index (χ2n) is 3.19. The van der Waals surface area contributed by atoms with Gasteiger partial charge in [0, 0.05) is 0 Å². The second-order valence-corrected chi connectivity index (χ2v) is 10.7. The maximum absolute atomic E-state index is 6.46. The molecule has 0 amide bonds. The molecular weight excluding hydrogens is 253 g/mol. The number of hydrogen-bond donors (Lipinski definition) is 0. The van der Waals surface area contributed by atoms with E-state index >= 15 is 0 Å². The summed E-state index contributed by atoms with van der Waals surface area (Å²) in [7, 11) is -0.102. The maximum atomic E-state index is 6.46. The van der Waals surface area contributed by atoms with E-state index < -0.39 is 0 Å². The predicted octanol–water partition coefficient (Wildman–Crippen LogP) is 5.16. The lowest BCUT2D eigenvalue weighted by Gasteiger charge is -2.29. The molecule has 0 spiro atoms. The van der Waals surface area contributed by atoms with Gasteiger partial charge in [-0.1, -0.05) is 43.5 Å². The van der Waals surface area contributed by atoms with Crippen LogP contribution in [-0.4, -0.2) is 34.9 Å². The van der Waals surface area contributed by atoms with Crippen LogP contribution in [0.15, 0.2) is 0 Å². The van der Waals surface area contributed by atoms with Crippen LogP contribution in [0.5, 0.6) is 0 Å². The molecule has 2 atom stereocenters. The van der Waals surface area contributed by atoms with E-state index in [0.29, 0.717) is 0 Å². The quantitative estimate of drug-likeness (QED) is 0.444. The molecule has 0 aromatic rings. The SMILES string of the molecule is CCP(CC)C(Cl)C(Cl)P(CC)CC. The van der Waals surface area contributed by atoms with E-state index in [-0.39, 0.29) is 26.1 Å². The van der Waals surface area contributed by atoms with Gasteiger partial charge in [0.15, 0.2) is 0 Å². The van der Waals surface area contributed by atoms with Gasteiger partial charge in [-0.2, -0.15) is 0 Å². The van der Waals surface area contributed by atoms with Gasteiger partial charge in [0.05, 0.1) is 10.2 Å². The number of hydrogen-bond acceptors (Lipinski definition) is 0. The van der Waals surface area contributed by atoms with Crippen LogP contribution in [0, 0.1) is 0 Å². The lowest BCUT2D eigenvalue weighted by atomic mass is 10.9. The zero-order valence-corrected chi connectivity index (χ0v) is 12.9. The van der Waals surface area contributed by atoms with Crippen molar-refractivity contribution in [2.45, 2.75) is 37.9 Å². The van der Waals surface area contributed by atoms with Gasteiger partial charge in [0.1, 0.15) is 0 Å². The Labute approximate surface area is 102 Å². The van der Waals surface area contributed by atoms with Crippen molar-refractivity contribution >= 4 is 39.0 Å². The molecule has 0 aliphatic carbocycles. The molecule has 0 aromatic carbocycles. The highest BCUT2D eigenvalue weighted by molar-refractivity contribution is 7.65. The minimum absolute atomic E-state index is 0.0510. The minimum atomic E-state index is -0.0510. The van der Waals surface area contributed by atoms with Gasteiger partial charge >= 0.3 is 0 Å². The molecule has 0 saturated carbocycles. The summed E-state index contributed by atoms with van der Waals surface area (Å²) < 4.78 is 0. The maximum Gasteiger partial charge on any atom is 0.0734 e. The Kier molecular flexibility index (Phi) is 9.46. The lowest BCUT2D eigenvalue weighted by Crippen LogP contribution is -2.15. The standard InChI is InChI=1S/C10H22Cl2P2/c1-5-13(6-2)9(11)10(12)14(7-3)8-4/h9-10H,5-8H2,1-4H3. The fourth-order valence-corrected chi connectivity index (χ4v) is 8.22. The van der Waals surface area contributed by atoms with Crippen LogP contribution in [0.4, 0.5) is 0 Å². The third kappa shape index (κ3) is 4.52. The summed E-state index contributed by atoms with van der Waals surface area (Å²) in [5.74, 6) is 0. The molecule has 0 nitrogen and oxygen atoms in total. The Morgan fingerprint density at radius 1 is 0.714 bits per heavy atom. The minimum Gasteiger partial charge on any atom is -0.116 e. The van der Waals surface area contributed by atoms with Gasteiger partial charge in [-0.15, -0.1) is 23.2 Å². The number of halogens is 2. The van der Waals surface area contributed by atoms with Gasteiger partial charge in [-0.3, -0.25) is 0 Å². The van der Waals surface area contributed by atoms with Crippen LogP contribution in [0.2, 0.25) is 0 Å².